The molecule has 1 heterocycles. The van der Waals surface area contributed by atoms with E-state index in [1.54, 1.807) is 20.8 Å². The van der Waals surface area contributed by atoms with Crippen molar-refractivity contribution in [2.24, 2.45) is 5.41 Å². The van der Waals surface area contributed by atoms with Gasteiger partial charge < -0.3 is 20.1 Å². The smallest absolute Gasteiger partial charge is 0.407 e. The van der Waals surface area contributed by atoms with Crippen molar-refractivity contribution in [2.75, 3.05) is 13.2 Å². The Morgan fingerprint density at radius 1 is 1.09 bits per heavy atom. The van der Waals surface area contributed by atoms with Gasteiger partial charge >= 0.3 is 12.1 Å². The molecular weight excluding hydrogens is 458 g/mol. The summed E-state index contributed by atoms with van der Waals surface area (Å²) in [6, 6.07) is 12.8. The van der Waals surface area contributed by atoms with Crippen molar-refractivity contribution in [2.45, 2.75) is 51.1 Å². The van der Waals surface area contributed by atoms with E-state index in [0.717, 1.165) is 22.3 Å². The SMILES string of the molecule is CC(C)(C)[C@@H](NC(=O)OCC1c2ccccc2-c2ccccc21)C(=O)N1CC(F)(F)C[C@H]1C(=O)O. The maximum absolute atomic E-state index is 14.0. The molecule has 0 radical (unpaired) electrons. The highest BCUT2D eigenvalue weighted by Crippen LogP contribution is 2.44. The van der Waals surface area contributed by atoms with E-state index in [2.05, 4.69) is 5.32 Å². The number of alkyl halides is 2. The zero-order valence-corrected chi connectivity index (χ0v) is 19.8. The number of nitrogens with one attached hydrogen (secondary N) is 1. The molecule has 2 amide bonds. The van der Waals surface area contributed by atoms with Crippen molar-refractivity contribution in [1.82, 2.24) is 10.2 Å². The van der Waals surface area contributed by atoms with E-state index in [-0.39, 0.29) is 12.5 Å². The predicted molar refractivity (Wildman–Crippen MR) is 124 cm³/mol. The third-order valence-corrected chi connectivity index (χ3v) is 6.56. The van der Waals surface area contributed by atoms with Gasteiger partial charge in [0.2, 0.25) is 5.91 Å². The minimum absolute atomic E-state index is 0.0183. The highest BCUT2D eigenvalue weighted by atomic mass is 19.3. The number of alkyl carbamates (subject to hydrolysis) is 1. The molecule has 2 atom stereocenters. The topological polar surface area (TPSA) is 95.9 Å². The average Bonchev–Trinajstić information content (AvgIpc) is 3.29. The number of ether oxygens (including phenoxy) is 1. The summed E-state index contributed by atoms with van der Waals surface area (Å²) in [5.41, 5.74) is 3.29. The Hall–Kier alpha value is -3.49. The highest BCUT2D eigenvalue weighted by Gasteiger charge is 2.52. The Morgan fingerprint density at radius 3 is 2.14 bits per heavy atom. The zero-order chi connectivity index (χ0) is 25.5. The number of aliphatic carboxylic acids is 1. The molecule has 0 unspecified atom stereocenters. The molecule has 1 saturated heterocycles. The van der Waals surface area contributed by atoms with Crippen LogP contribution < -0.4 is 5.32 Å². The number of carboxylic acids is 1. The summed E-state index contributed by atoms with van der Waals surface area (Å²) in [6.45, 7) is 3.97. The van der Waals surface area contributed by atoms with Crippen LogP contribution in [0, 0.1) is 5.41 Å². The molecule has 2 aliphatic rings. The van der Waals surface area contributed by atoms with E-state index in [1.165, 1.54) is 0 Å². The maximum atomic E-state index is 14.0. The molecule has 186 valence electrons. The molecule has 0 bridgehead atoms. The number of rotatable bonds is 5. The molecule has 0 saturated carbocycles. The molecular formula is C26H28F2N2O5. The van der Waals surface area contributed by atoms with E-state index < -0.39 is 54.4 Å². The Labute approximate surface area is 202 Å². The van der Waals surface area contributed by atoms with E-state index in [4.69, 9.17) is 4.74 Å². The van der Waals surface area contributed by atoms with Gasteiger partial charge in [-0.2, -0.15) is 0 Å². The first kappa shape index (κ1) is 24.6. The average molecular weight is 487 g/mol. The first-order valence-electron chi connectivity index (χ1n) is 11.4. The number of carbonyl (C=O) groups excluding carboxylic acids is 2. The van der Waals surface area contributed by atoms with Crippen molar-refractivity contribution < 1.29 is 33.0 Å². The number of halogens is 2. The number of nitrogens with zero attached hydrogens (tertiary/aromatic N) is 1. The number of fused-ring (bicyclic) bond motifs is 3. The van der Waals surface area contributed by atoms with Crippen LogP contribution in [0.3, 0.4) is 0 Å². The monoisotopic (exact) mass is 486 g/mol. The first-order valence-corrected chi connectivity index (χ1v) is 11.4. The number of likely N-dealkylation sites (tertiary alicyclic amines) is 1. The van der Waals surface area contributed by atoms with Crippen LogP contribution in [0.5, 0.6) is 0 Å². The van der Waals surface area contributed by atoms with Crippen LogP contribution in [0.1, 0.15) is 44.2 Å². The van der Waals surface area contributed by atoms with Gasteiger partial charge in [-0.25, -0.2) is 18.4 Å². The van der Waals surface area contributed by atoms with Gasteiger partial charge in [0.05, 0.1) is 6.54 Å². The molecule has 7 nitrogen and oxygen atoms in total. The molecule has 4 rings (SSSR count). The summed E-state index contributed by atoms with van der Waals surface area (Å²) in [5.74, 6) is -5.89. The van der Waals surface area contributed by atoms with Gasteiger partial charge in [0.25, 0.3) is 5.92 Å². The lowest BCUT2D eigenvalue weighted by Crippen LogP contribution is -2.57. The Balaban J connectivity index is 1.49. The minimum atomic E-state index is -3.31. The second-order valence-electron chi connectivity index (χ2n) is 10.1. The lowest BCUT2D eigenvalue weighted by molar-refractivity contribution is -0.150. The first-order chi connectivity index (χ1) is 16.4. The summed E-state index contributed by atoms with van der Waals surface area (Å²) in [7, 11) is 0. The van der Waals surface area contributed by atoms with Crippen LogP contribution in [0.25, 0.3) is 11.1 Å². The van der Waals surface area contributed by atoms with Crippen molar-refractivity contribution in [3.8, 4) is 11.1 Å². The van der Waals surface area contributed by atoms with Crippen molar-refractivity contribution in [3.63, 3.8) is 0 Å². The third-order valence-electron chi connectivity index (χ3n) is 6.56. The summed E-state index contributed by atoms with van der Waals surface area (Å²) in [5, 5.41) is 11.9. The van der Waals surface area contributed by atoms with Gasteiger partial charge in [0, 0.05) is 12.3 Å². The highest BCUT2D eigenvalue weighted by molar-refractivity contribution is 5.90. The maximum Gasteiger partial charge on any atom is 0.407 e. The fourth-order valence-electron chi connectivity index (χ4n) is 4.84. The molecule has 2 aromatic carbocycles. The van der Waals surface area contributed by atoms with Gasteiger partial charge in [-0.15, -0.1) is 0 Å². The number of hydrogen-bond donors (Lipinski definition) is 2. The van der Waals surface area contributed by atoms with E-state index in [0.29, 0.717) is 4.90 Å². The van der Waals surface area contributed by atoms with Crippen LogP contribution in [0.15, 0.2) is 48.5 Å². The quantitative estimate of drug-likeness (QED) is 0.659. The van der Waals surface area contributed by atoms with Gasteiger partial charge in [0.1, 0.15) is 18.7 Å². The number of hydrogen-bond acceptors (Lipinski definition) is 4. The Morgan fingerprint density at radius 2 is 1.63 bits per heavy atom. The Kier molecular flexibility index (Phi) is 6.29. The molecule has 35 heavy (non-hydrogen) atoms. The summed E-state index contributed by atoms with van der Waals surface area (Å²) < 4.78 is 33.4. The number of amides is 2. The number of carboxylic acid groups (broad SMARTS) is 1. The van der Waals surface area contributed by atoms with E-state index in [9.17, 15) is 28.3 Å². The van der Waals surface area contributed by atoms with Crippen LogP contribution in [0.4, 0.5) is 13.6 Å². The van der Waals surface area contributed by atoms with Crippen molar-refractivity contribution in [3.05, 3.63) is 59.7 Å². The second kappa shape index (κ2) is 8.94. The molecule has 1 aliphatic heterocycles. The van der Waals surface area contributed by atoms with Gasteiger partial charge in [-0.1, -0.05) is 69.3 Å². The van der Waals surface area contributed by atoms with Crippen LogP contribution in [0.2, 0.25) is 0 Å². The van der Waals surface area contributed by atoms with Crippen LogP contribution in [-0.4, -0.2) is 59.1 Å². The normalized spacial score (nSPS) is 19.6. The largest absolute Gasteiger partial charge is 0.480 e. The second-order valence-corrected chi connectivity index (χ2v) is 10.1. The molecule has 0 spiro atoms. The fraction of sp³-hybridized carbons (Fsp3) is 0.423. The predicted octanol–water partition coefficient (Wildman–Crippen LogP) is 4.26. The zero-order valence-electron chi connectivity index (χ0n) is 19.8. The lowest BCUT2D eigenvalue weighted by Gasteiger charge is -2.34. The molecule has 1 aliphatic carbocycles. The number of carbonyl (C=O) groups is 3. The summed E-state index contributed by atoms with van der Waals surface area (Å²) >= 11 is 0. The van der Waals surface area contributed by atoms with Gasteiger partial charge in [-0.3, -0.25) is 4.79 Å². The third kappa shape index (κ3) is 4.85. The van der Waals surface area contributed by atoms with Crippen LogP contribution in [-0.2, 0) is 14.3 Å². The fourth-order valence-corrected chi connectivity index (χ4v) is 4.84. The summed E-state index contributed by atoms with van der Waals surface area (Å²) in [4.78, 5) is 38.1. The van der Waals surface area contributed by atoms with Crippen molar-refractivity contribution in [1.29, 1.82) is 0 Å². The molecule has 0 aromatic heterocycles. The van der Waals surface area contributed by atoms with E-state index in [1.807, 2.05) is 48.5 Å². The van der Waals surface area contributed by atoms with Gasteiger partial charge in [-0.05, 0) is 27.7 Å². The van der Waals surface area contributed by atoms with E-state index >= 15 is 0 Å². The molecule has 2 N–H and O–H groups in total. The molecule has 1 fully saturated rings. The minimum Gasteiger partial charge on any atom is -0.480 e. The number of benzene rings is 2. The standard InChI is InChI=1S/C26H28F2N2O5/c1-25(2,3)21(22(31)30-14-26(27,28)12-20(30)23(32)33)29-24(34)35-13-19-17-10-6-4-8-15(17)16-9-5-7-11-18(16)19/h4-11,19-21H,12-14H2,1-3H3,(H,29,34)(H,32,33)/t20-,21-/m0/s1. The Bertz CT molecular complexity index is 1110. The van der Waals surface area contributed by atoms with Gasteiger partial charge in [0.15, 0.2) is 0 Å². The molecule has 9 heteroatoms. The lowest BCUT2D eigenvalue weighted by atomic mass is 9.85. The summed E-state index contributed by atoms with van der Waals surface area (Å²) in [6.07, 6.45) is -1.84. The van der Waals surface area contributed by atoms with Crippen molar-refractivity contribution >= 4 is 18.0 Å². The van der Waals surface area contributed by atoms with Crippen LogP contribution >= 0.6 is 0 Å². The molecule has 2 aromatic rings.